The first kappa shape index (κ1) is 19.7. The first-order chi connectivity index (χ1) is 10.4. The highest BCUT2D eigenvalue weighted by molar-refractivity contribution is 5.83. The number of morpholine rings is 1. The molecule has 0 radical (unpaired) electrons. The van der Waals surface area contributed by atoms with Gasteiger partial charge < -0.3 is 25.4 Å². The van der Waals surface area contributed by atoms with Gasteiger partial charge in [0.2, 0.25) is 5.91 Å². The number of amides is 2. The monoisotopic (exact) mass is 329 g/mol. The normalized spacial score (nSPS) is 21.0. The van der Waals surface area contributed by atoms with Gasteiger partial charge in [-0.15, -0.1) is 0 Å². The van der Waals surface area contributed by atoms with Gasteiger partial charge in [-0.3, -0.25) is 4.79 Å². The van der Waals surface area contributed by atoms with Crippen molar-refractivity contribution in [1.82, 2.24) is 10.2 Å². The van der Waals surface area contributed by atoms with E-state index in [0.717, 1.165) is 0 Å². The summed E-state index contributed by atoms with van der Waals surface area (Å²) in [4.78, 5) is 25.5. The number of primary amides is 1. The van der Waals surface area contributed by atoms with Crippen molar-refractivity contribution < 1.29 is 19.1 Å². The van der Waals surface area contributed by atoms with Crippen molar-refractivity contribution in [2.75, 3.05) is 19.8 Å². The largest absolute Gasteiger partial charge is 0.444 e. The number of carbonyl (C=O) groups excluding carboxylic acids is 2. The van der Waals surface area contributed by atoms with Crippen LogP contribution in [0.1, 0.15) is 48.0 Å². The highest BCUT2D eigenvalue weighted by Gasteiger charge is 2.33. The standard InChI is InChI=1S/C16H31N3O4/c1-11(18-16(5,6)13(17)20)9-12-10-22-8-7-19(12)14(21)23-15(2,3)4/h11-12,18H,7-10H2,1-6H3,(H2,17,20). The van der Waals surface area contributed by atoms with Crippen LogP contribution in [0.4, 0.5) is 4.79 Å². The van der Waals surface area contributed by atoms with Crippen LogP contribution in [0, 0.1) is 0 Å². The van der Waals surface area contributed by atoms with Crippen molar-refractivity contribution in [1.29, 1.82) is 0 Å². The van der Waals surface area contributed by atoms with E-state index in [2.05, 4.69) is 5.32 Å². The molecule has 0 aromatic rings. The molecule has 7 nitrogen and oxygen atoms in total. The highest BCUT2D eigenvalue weighted by atomic mass is 16.6. The fourth-order valence-electron chi connectivity index (χ4n) is 2.57. The zero-order chi connectivity index (χ0) is 17.8. The van der Waals surface area contributed by atoms with Crippen LogP contribution in [0.15, 0.2) is 0 Å². The maximum atomic E-state index is 12.4. The number of ether oxygens (including phenoxy) is 2. The molecule has 0 aliphatic carbocycles. The zero-order valence-electron chi connectivity index (χ0n) is 15.1. The molecule has 0 saturated carbocycles. The molecule has 0 spiro atoms. The Labute approximate surface area is 138 Å². The molecule has 23 heavy (non-hydrogen) atoms. The van der Waals surface area contributed by atoms with Crippen molar-refractivity contribution in [3.05, 3.63) is 0 Å². The van der Waals surface area contributed by atoms with Crippen molar-refractivity contribution in [3.8, 4) is 0 Å². The summed E-state index contributed by atoms with van der Waals surface area (Å²) >= 11 is 0. The average Bonchev–Trinajstić information content (AvgIpc) is 2.36. The Kier molecular flexibility index (Phi) is 6.41. The maximum absolute atomic E-state index is 12.4. The van der Waals surface area contributed by atoms with E-state index in [-0.39, 0.29) is 18.2 Å². The number of hydrogen-bond acceptors (Lipinski definition) is 5. The van der Waals surface area contributed by atoms with Crippen LogP contribution in [0.2, 0.25) is 0 Å². The van der Waals surface area contributed by atoms with Crippen LogP contribution in [-0.4, -0.2) is 59.9 Å². The van der Waals surface area contributed by atoms with Crippen LogP contribution >= 0.6 is 0 Å². The second-order valence-electron chi connectivity index (χ2n) is 7.67. The molecule has 1 aliphatic heterocycles. The molecule has 2 amide bonds. The van der Waals surface area contributed by atoms with Crippen LogP contribution in [0.3, 0.4) is 0 Å². The van der Waals surface area contributed by atoms with Gasteiger partial charge in [-0.2, -0.15) is 0 Å². The molecule has 0 aromatic heterocycles. The number of nitrogens with one attached hydrogen (secondary N) is 1. The fraction of sp³-hybridized carbons (Fsp3) is 0.875. The number of hydrogen-bond donors (Lipinski definition) is 2. The lowest BCUT2D eigenvalue weighted by Crippen LogP contribution is -2.57. The smallest absolute Gasteiger partial charge is 0.410 e. The average molecular weight is 329 g/mol. The van der Waals surface area contributed by atoms with Crippen molar-refractivity contribution in [2.45, 2.75) is 71.2 Å². The highest BCUT2D eigenvalue weighted by Crippen LogP contribution is 2.18. The van der Waals surface area contributed by atoms with Crippen LogP contribution in [0.25, 0.3) is 0 Å². The third kappa shape index (κ3) is 6.35. The predicted molar refractivity (Wildman–Crippen MR) is 88.0 cm³/mol. The molecule has 0 aromatic carbocycles. The van der Waals surface area contributed by atoms with Gasteiger partial charge in [0.15, 0.2) is 0 Å². The topological polar surface area (TPSA) is 93.9 Å². The van der Waals surface area contributed by atoms with Gasteiger partial charge in [0.05, 0.1) is 24.8 Å². The van der Waals surface area contributed by atoms with Gasteiger partial charge in [0.25, 0.3) is 0 Å². The van der Waals surface area contributed by atoms with Gasteiger partial charge in [-0.25, -0.2) is 4.79 Å². The molecule has 1 saturated heterocycles. The predicted octanol–water partition coefficient (Wildman–Crippen LogP) is 1.25. The van der Waals surface area contributed by atoms with Crippen molar-refractivity contribution >= 4 is 12.0 Å². The van der Waals surface area contributed by atoms with Gasteiger partial charge in [0.1, 0.15) is 5.60 Å². The van der Waals surface area contributed by atoms with Gasteiger partial charge in [-0.05, 0) is 48.0 Å². The summed E-state index contributed by atoms with van der Waals surface area (Å²) in [5, 5.41) is 3.20. The summed E-state index contributed by atoms with van der Waals surface area (Å²) in [6, 6.07) is -0.0982. The summed E-state index contributed by atoms with van der Waals surface area (Å²) in [6.07, 6.45) is 0.322. The minimum Gasteiger partial charge on any atom is -0.444 e. The molecule has 2 atom stereocenters. The van der Waals surface area contributed by atoms with E-state index >= 15 is 0 Å². The van der Waals surface area contributed by atoms with Gasteiger partial charge in [-0.1, -0.05) is 0 Å². The Morgan fingerprint density at radius 2 is 1.96 bits per heavy atom. The lowest BCUT2D eigenvalue weighted by atomic mass is 10.00. The summed E-state index contributed by atoms with van der Waals surface area (Å²) in [5.41, 5.74) is 4.06. The molecule has 0 bridgehead atoms. The molecule has 1 heterocycles. The summed E-state index contributed by atoms with van der Waals surface area (Å²) in [5.74, 6) is -0.409. The number of carbonyl (C=O) groups is 2. The van der Waals surface area contributed by atoms with Crippen molar-refractivity contribution in [2.24, 2.45) is 5.73 Å². The Morgan fingerprint density at radius 1 is 1.35 bits per heavy atom. The molecule has 7 heteroatoms. The fourth-order valence-corrected chi connectivity index (χ4v) is 2.57. The Bertz CT molecular complexity index is 432. The zero-order valence-corrected chi connectivity index (χ0v) is 15.1. The van der Waals surface area contributed by atoms with E-state index in [1.54, 1.807) is 18.7 Å². The molecule has 1 rings (SSSR count). The first-order valence-corrected chi connectivity index (χ1v) is 8.07. The third-order valence-corrected chi connectivity index (χ3v) is 3.70. The molecule has 134 valence electrons. The van der Waals surface area contributed by atoms with E-state index in [1.807, 2.05) is 27.7 Å². The molecule has 2 unspecified atom stereocenters. The molecule has 3 N–H and O–H groups in total. The summed E-state index contributed by atoms with van der Waals surface area (Å²) in [7, 11) is 0. The summed E-state index contributed by atoms with van der Waals surface area (Å²) in [6.45, 7) is 12.5. The van der Waals surface area contributed by atoms with E-state index in [0.29, 0.717) is 26.2 Å². The van der Waals surface area contributed by atoms with E-state index in [9.17, 15) is 9.59 Å². The van der Waals surface area contributed by atoms with Gasteiger partial charge in [0, 0.05) is 12.6 Å². The number of nitrogens with two attached hydrogens (primary N) is 1. The second kappa shape index (κ2) is 7.49. The number of nitrogens with zero attached hydrogens (tertiary/aromatic N) is 1. The van der Waals surface area contributed by atoms with Crippen LogP contribution in [0.5, 0.6) is 0 Å². The van der Waals surface area contributed by atoms with E-state index in [1.165, 1.54) is 0 Å². The molecular formula is C16H31N3O4. The van der Waals surface area contributed by atoms with Crippen LogP contribution in [-0.2, 0) is 14.3 Å². The Morgan fingerprint density at radius 3 is 2.48 bits per heavy atom. The molecule has 1 fully saturated rings. The maximum Gasteiger partial charge on any atom is 0.410 e. The Hall–Kier alpha value is -1.34. The number of rotatable bonds is 5. The Balaban J connectivity index is 2.68. The SMILES string of the molecule is CC(CC1COCCN1C(=O)OC(C)(C)C)NC(C)(C)C(N)=O. The van der Waals surface area contributed by atoms with Crippen molar-refractivity contribution in [3.63, 3.8) is 0 Å². The first-order valence-electron chi connectivity index (χ1n) is 8.07. The van der Waals surface area contributed by atoms with Gasteiger partial charge >= 0.3 is 6.09 Å². The van der Waals surface area contributed by atoms with Crippen LogP contribution < -0.4 is 11.1 Å². The molecular weight excluding hydrogens is 298 g/mol. The summed E-state index contributed by atoms with van der Waals surface area (Å²) < 4.78 is 11.0. The second-order valence-corrected chi connectivity index (χ2v) is 7.67. The quantitative estimate of drug-likeness (QED) is 0.792. The lowest BCUT2D eigenvalue weighted by molar-refractivity contribution is -0.123. The third-order valence-electron chi connectivity index (χ3n) is 3.70. The lowest BCUT2D eigenvalue weighted by Gasteiger charge is -2.38. The minimum absolute atomic E-state index is 0.00543. The van der Waals surface area contributed by atoms with E-state index < -0.39 is 17.0 Å². The molecule has 1 aliphatic rings. The van der Waals surface area contributed by atoms with E-state index in [4.69, 9.17) is 15.2 Å². The minimum atomic E-state index is -0.800.